The molecule has 0 amide bonds. The molecule has 1 N–H and O–H groups in total. The number of likely N-dealkylation sites (tertiary alicyclic amines) is 1. The lowest BCUT2D eigenvalue weighted by Gasteiger charge is -2.24. The van der Waals surface area contributed by atoms with E-state index in [0.717, 1.165) is 25.1 Å². The molecule has 1 aromatic rings. The maximum atomic E-state index is 10.9. The number of hydrogen-bond donors (Lipinski definition) is 1. The first-order valence-corrected chi connectivity index (χ1v) is 7.53. The van der Waals surface area contributed by atoms with Gasteiger partial charge in [-0.25, -0.2) is 0 Å². The maximum Gasteiger partial charge on any atom is 0.304 e. The van der Waals surface area contributed by atoms with Gasteiger partial charge in [-0.15, -0.1) is 0 Å². The lowest BCUT2D eigenvalue weighted by atomic mass is 9.81. The molecular formula is C16H22ClNO3. The third-order valence-electron chi connectivity index (χ3n) is 3.95. The highest BCUT2D eigenvalue weighted by atomic mass is 35.5. The Bertz CT molecular complexity index is 530. The summed E-state index contributed by atoms with van der Waals surface area (Å²) in [5.41, 5.74) is 0.451. The van der Waals surface area contributed by atoms with Crippen molar-refractivity contribution < 1.29 is 14.6 Å². The third-order valence-corrected chi connectivity index (χ3v) is 4.24. The van der Waals surface area contributed by atoms with Gasteiger partial charge in [0.05, 0.1) is 11.4 Å². The van der Waals surface area contributed by atoms with Gasteiger partial charge < -0.3 is 14.7 Å². The van der Waals surface area contributed by atoms with Crippen LogP contribution in [0.3, 0.4) is 0 Å². The van der Waals surface area contributed by atoms with Crippen molar-refractivity contribution in [3.63, 3.8) is 0 Å². The molecule has 1 heterocycles. The van der Waals surface area contributed by atoms with Crippen LogP contribution in [0.15, 0.2) is 18.2 Å². The van der Waals surface area contributed by atoms with Crippen LogP contribution in [0.4, 0.5) is 0 Å². The molecule has 1 aliphatic rings. The van der Waals surface area contributed by atoms with Crippen LogP contribution in [0.25, 0.3) is 0 Å². The highest BCUT2D eigenvalue weighted by Gasteiger charge is 2.26. The number of ether oxygens (including phenoxy) is 1. The largest absolute Gasteiger partial charge is 0.487 e. The molecule has 1 atom stereocenters. The van der Waals surface area contributed by atoms with Crippen molar-refractivity contribution in [3.05, 3.63) is 28.8 Å². The number of likely N-dealkylation sites (N-methyl/N-ethyl adjacent to an activating group) is 1. The Labute approximate surface area is 130 Å². The number of halogens is 1. The topological polar surface area (TPSA) is 49.8 Å². The van der Waals surface area contributed by atoms with Gasteiger partial charge in [0.1, 0.15) is 11.9 Å². The number of carbonyl (C=O) groups is 1. The van der Waals surface area contributed by atoms with Gasteiger partial charge in [0, 0.05) is 18.5 Å². The second-order valence-electron chi connectivity index (χ2n) is 6.39. The Hall–Kier alpha value is -1.26. The van der Waals surface area contributed by atoms with Crippen molar-refractivity contribution in [1.82, 2.24) is 4.90 Å². The molecule has 1 saturated heterocycles. The van der Waals surface area contributed by atoms with Gasteiger partial charge >= 0.3 is 5.97 Å². The van der Waals surface area contributed by atoms with E-state index in [1.54, 1.807) is 0 Å². The van der Waals surface area contributed by atoms with E-state index < -0.39 is 11.4 Å². The van der Waals surface area contributed by atoms with Gasteiger partial charge in [-0.3, -0.25) is 4.79 Å². The zero-order chi connectivity index (χ0) is 15.6. The van der Waals surface area contributed by atoms with Crippen LogP contribution in [0.5, 0.6) is 5.75 Å². The van der Waals surface area contributed by atoms with E-state index in [9.17, 15) is 4.79 Å². The number of rotatable bonds is 5. The molecule has 0 aliphatic carbocycles. The van der Waals surface area contributed by atoms with Gasteiger partial charge in [-0.05, 0) is 31.2 Å². The fraction of sp³-hybridized carbons (Fsp3) is 0.562. The number of hydrogen-bond acceptors (Lipinski definition) is 3. The molecule has 5 heteroatoms. The number of nitrogens with zero attached hydrogens (tertiary/aromatic N) is 1. The fourth-order valence-corrected chi connectivity index (χ4v) is 2.89. The van der Waals surface area contributed by atoms with Crippen LogP contribution in [0.2, 0.25) is 5.02 Å². The van der Waals surface area contributed by atoms with Gasteiger partial charge in [0.15, 0.2) is 0 Å². The molecule has 1 aromatic carbocycles. The van der Waals surface area contributed by atoms with Gasteiger partial charge in [0.2, 0.25) is 0 Å². The van der Waals surface area contributed by atoms with Crippen LogP contribution < -0.4 is 4.74 Å². The molecule has 4 nitrogen and oxygen atoms in total. The Kier molecular flexibility index (Phi) is 4.79. The summed E-state index contributed by atoms with van der Waals surface area (Å²) in [6.07, 6.45) is 1.24. The zero-order valence-corrected chi connectivity index (χ0v) is 13.5. The molecule has 0 radical (unpaired) electrons. The first kappa shape index (κ1) is 16.1. The SMILES string of the molecule is CN1CCC(Oc2ccc(C(C)(C)CC(=O)O)cc2Cl)C1. The summed E-state index contributed by atoms with van der Waals surface area (Å²) in [6.45, 7) is 5.74. The van der Waals surface area contributed by atoms with Crippen LogP contribution in [0, 0.1) is 0 Å². The van der Waals surface area contributed by atoms with E-state index in [0.29, 0.717) is 10.8 Å². The lowest BCUT2D eigenvalue weighted by molar-refractivity contribution is -0.138. The molecular weight excluding hydrogens is 290 g/mol. The molecule has 116 valence electrons. The summed E-state index contributed by atoms with van der Waals surface area (Å²) in [5, 5.41) is 9.53. The van der Waals surface area contributed by atoms with E-state index in [4.69, 9.17) is 21.4 Å². The molecule has 0 saturated carbocycles. The van der Waals surface area contributed by atoms with E-state index in [-0.39, 0.29) is 12.5 Å². The van der Waals surface area contributed by atoms with Crippen molar-refractivity contribution >= 4 is 17.6 Å². The number of carboxylic acids is 1. The van der Waals surface area contributed by atoms with Crippen molar-refractivity contribution in [2.24, 2.45) is 0 Å². The molecule has 0 aromatic heterocycles. The minimum absolute atomic E-state index is 0.0664. The summed E-state index contributed by atoms with van der Waals surface area (Å²) >= 11 is 6.30. The number of carboxylic acid groups (broad SMARTS) is 1. The maximum absolute atomic E-state index is 10.9. The predicted molar refractivity (Wildman–Crippen MR) is 83.3 cm³/mol. The van der Waals surface area contributed by atoms with Gasteiger partial charge in [0.25, 0.3) is 0 Å². The zero-order valence-electron chi connectivity index (χ0n) is 12.7. The first-order valence-electron chi connectivity index (χ1n) is 7.15. The molecule has 0 bridgehead atoms. The highest BCUT2D eigenvalue weighted by Crippen LogP contribution is 2.34. The predicted octanol–water partition coefficient (Wildman–Crippen LogP) is 3.18. The first-order chi connectivity index (χ1) is 9.78. The quantitative estimate of drug-likeness (QED) is 0.907. The number of aliphatic carboxylic acids is 1. The average molecular weight is 312 g/mol. The molecule has 1 aliphatic heterocycles. The Morgan fingerprint density at radius 3 is 2.76 bits per heavy atom. The van der Waals surface area contributed by atoms with Gasteiger partial charge in [-0.2, -0.15) is 0 Å². The van der Waals surface area contributed by atoms with Crippen LogP contribution in [0.1, 0.15) is 32.3 Å². The second kappa shape index (κ2) is 6.24. The summed E-state index contributed by atoms with van der Waals surface area (Å²) in [6, 6.07) is 5.57. The highest BCUT2D eigenvalue weighted by molar-refractivity contribution is 6.32. The van der Waals surface area contributed by atoms with Gasteiger partial charge in [-0.1, -0.05) is 31.5 Å². The van der Waals surface area contributed by atoms with Crippen molar-refractivity contribution in [2.45, 2.75) is 38.2 Å². The monoisotopic (exact) mass is 311 g/mol. The smallest absolute Gasteiger partial charge is 0.304 e. The lowest BCUT2D eigenvalue weighted by Crippen LogP contribution is -2.23. The third kappa shape index (κ3) is 4.11. The van der Waals surface area contributed by atoms with Crippen molar-refractivity contribution in [2.75, 3.05) is 20.1 Å². The molecule has 21 heavy (non-hydrogen) atoms. The minimum atomic E-state index is -0.814. The second-order valence-corrected chi connectivity index (χ2v) is 6.80. The van der Waals surface area contributed by atoms with Crippen molar-refractivity contribution in [1.29, 1.82) is 0 Å². The van der Waals surface area contributed by atoms with Crippen molar-refractivity contribution in [3.8, 4) is 5.75 Å². The fourth-order valence-electron chi connectivity index (χ4n) is 2.67. The van der Waals surface area contributed by atoms with Crippen LogP contribution >= 0.6 is 11.6 Å². The van der Waals surface area contributed by atoms with Crippen LogP contribution in [-0.4, -0.2) is 42.2 Å². The Morgan fingerprint density at radius 2 is 2.24 bits per heavy atom. The molecule has 1 fully saturated rings. The van der Waals surface area contributed by atoms with Crippen LogP contribution in [-0.2, 0) is 10.2 Å². The summed E-state index contributed by atoms with van der Waals surface area (Å²) in [4.78, 5) is 13.2. The summed E-state index contributed by atoms with van der Waals surface area (Å²) in [5.74, 6) is -0.141. The van der Waals surface area contributed by atoms with E-state index in [1.165, 1.54) is 0 Å². The van der Waals surface area contributed by atoms with E-state index >= 15 is 0 Å². The Morgan fingerprint density at radius 1 is 1.52 bits per heavy atom. The average Bonchev–Trinajstić information content (AvgIpc) is 2.75. The summed E-state index contributed by atoms with van der Waals surface area (Å²) < 4.78 is 5.94. The molecule has 1 unspecified atom stereocenters. The number of benzene rings is 1. The summed E-state index contributed by atoms with van der Waals surface area (Å²) in [7, 11) is 2.07. The Balaban J connectivity index is 2.12. The van der Waals surface area contributed by atoms with E-state index in [2.05, 4.69) is 11.9 Å². The van der Waals surface area contributed by atoms with E-state index in [1.807, 2.05) is 32.0 Å². The minimum Gasteiger partial charge on any atom is -0.487 e. The molecule has 0 spiro atoms. The molecule has 2 rings (SSSR count). The normalized spacial score (nSPS) is 19.7. The standard InChI is InChI=1S/C16H22ClNO3/c1-16(2,9-15(19)20)11-4-5-14(13(17)8-11)21-12-6-7-18(3)10-12/h4-5,8,12H,6-7,9-10H2,1-3H3,(H,19,20).